The van der Waals surface area contributed by atoms with Gasteiger partial charge in [-0.3, -0.25) is 0 Å². The minimum atomic E-state index is -0.897. The van der Waals surface area contributed by atoms with E-state index in [2.05, 4.69) is 0 Å². The number of hydrogen-bond acceptors (Lipinski definition) is 2. The van der Waals surface area contributed by atoms with Gasteiger partial charge in [0.05, 0.1) is 6.10 Å². The maximum Gasteiger partial charge on any atom is 0.159 e. The lowest BCUT2D eigenvalue weighted by Gasteiger charge is -2.14. The van der Waals surface area contributed by atoms with E-state index in [4.69, 9.17) is 4.74 Å². The third-order valence-electron chi connectivity index (χ3n) is 3.00. The number of ether oxygens (including phenoxy) is 1. The molecule has 0 amide bonds. The second-order valence-corrected chi connectivity index (χ2v) is 4.75. The van der Waals surface area contributed by atoms with Crippen LogP contribution in [0.1, 0.15) is 29.7 Å². The maximum absolute atomic E-state index is 13.1. The smallest absolute Gasteiger partial charge is 0.159 e. The SMILES string of the molecule is Cc1ccc(C(C)O)c(OCc2ccc(F)c(F)c2)c1. The van der Waals surface area contributed by atoms with Crippen molar-refractivity contribution < 1.29 is 18.6 Å². The first-order valence-corrected chi connectivity index (χ1v) is 6.32. The minimum absolute atomic E-state index is 0.111. The number of halogens is 2. The average molecular weight is 278 g/mol. The molecule has 106 valence electrons. The summed E-state index contributed by atoms with van der Waals surface area (Å²) < 4.78 is 31.6. The Bertz CT molecular complexity index is 609. The fraction of sp³-hybridized carbons (Fsp3) is 0.250. The molecule has 0 aromatic heterocycles. The third-order valence-corrected chi connectivity index (χ3v) is 3.00. The Morgan fingerprint density at radius 2 is 1.85 bits per heavy atom. The average Bonchev–Trinajstić information content (AvgIpc) is 2.40. The molecule has 0 aliphatic rings. The number of aliphatic hydroxyl groups is 1. The fourth-order valence-electron chi connectivity index (χ4n) is 1.90. The van der Waals surface area contributed by atoms with Crippen LogP contribution >= 0.6 is 0 Å². The normalized spacial score (nSPS) is 12.2. The molecule has 0 saturated heterocycles. The summed E-state index contributed by atoms with van der Waals surface area (Å²) in [6, 6.07) is 9.12. The Morgan fingerprint density at radius 1 is 1.10 bits per heavy atom. The fourth-order valence-corrected chi connectivity index (χ4v) is 1.90. The Hall–Kier alpha value is -1.94. The Kier molecular flexibility index (Phi) is 4.35. The van der Waals surface area contributed by atoms with E-state index in [1.807, 2.05) is 19.1 Å². The highest BCUT2D eigenvalue weighted by Crippen LogP contribution is 2.27. The Labute approximate surface area is 116 Å². The predicted molar refractivity (Wildman–Crippen MR) is 72.5 cm³/mol. The van der Waals surface area contributed by atoms with E-state index in [-0.39, 0.29) is 6.61 Å². The highest BCUT2D eigenvalue weighted by Gasteiger charge is 2.10. The largest absolute Gasteiger partial charge is 0.489 e. The van der Waals surface area contributed by atoms with Crippen LogP contribution in [0.25, 0.3) is 0 Å². The summed E-state index contributed by atoms with van der Waals surface area (Å²) in [6.07, 6.45) is -0.657. The molecular formula is C16H16F2O2. The molecule has 4 heteroatoms. The molecule has 1 atom stereocenters. The van der Waals surface area contributed by atoms with Gasteiger partial charge >= 0.3 is 0 Å². The molecule has 0 spiro atoms. The second-order valence-electron chi connectivity index (χ2n) is 4.75. The number of rotatable bonds is 4. The lowest BCUT2D eigenvalue weighted by atomic mass is 10.1. The summed E-state index contributed by atoms with van der Waals surface area (Å²) in [5, 5.41) is 9.68. The summed E-state index contributed by atoms with van der Waals surface area (Å²) in [5.74, 6) is -1.23. The standard InChI is InChI=1S/C16H16F2O2/c1-10-3-5-13(11(2)19)16(7-10)20-9-12-4-6-14(17)15(18)8-12/h3-8,11,19H,9H2,1-2H3. The van der Waals surface area contributed by atoms with Crippen molar-refractivity contribution in [3.8, 4) is 5.75 Å². The van der Waals surface area contributed by atoms with Crippen LogP contribution in [0.15, 0.2) is 36.4 Å². The molecule has 0 aliphatic heterocycles. The molecule has 1 unspecified atom stereocenters. The molecule has 2 nitrogen and oxygen atoms in total. The van der Waals surface area contributed by atoms with Gasteiger partial charge < -0.3 is 9.84 Å². The number of hydrogen-bond donors (Lipinski definition) is 1. The number of aliphatic hydroxyl groups excluding tert-OH is 1. The highest BCUT2D eigenvalue weighted by atomic mass is 19.2. The molecule has 2 aromatic carbocycles. The summed E-state index contributed by atoms with van der Waals surface area (Å²) in [5.41, 5.74) is 2.19. The summed E-state index contributed by atoms with van der Waals surface area (Å²) in [6.45, 7) is 3.67. The molecule has 2 rings (SSSR count). The van der Waals surface area contributed by atoms with Crippen molar-refractivity contribution >= 4 is 0 Å². The van der Waals surface area contributed by atoms with E-state index in [9.17, 15) is 13.9 Å². The molecule has 0 fully saturated rings. The number of benzene rings is 2. The molecule has 0 radical (unpaired) electrons. The van der Waals surface area contributed by atoms with Crippen molar-refractivity contribution in [1.29, 1.82) is 0 Å². The first-order chi connectivity index (χ1) is 9.47. The molecule has 0 saturated carbocycles. The third kappa shape index (κ3) is 3.33. The topological polar surface area (TPSA) is 29.5 Å². The predicted octanol–water partition coefficient (Wildman–Crippen LogP) is 3.91. The molecule has 0 aliphatic carbocycles. The van der Waals surface area contributed by atoms with Gasteiger partial charge in [-0.05, 0) is 43.2 Å². The lowest BCUT2D eigenvalue weighted by molar-refractivity contribution is 0.190. The van der Waals surface area contributed by atoms with Gasteiger partial charge in [0.15, 0.2) is 11.6 Å². The van der Waals surface area contributed by atoms with Crippen LogP contribution in [0.3, 0.4) is 0 Å². The van der Waals surface area contributed by atoms with E-state index < -0.39 is 17.7 Å². The van der Waals surface area contributed by atoms with Crippen LogP contribution in [0.4, 0.5) is 8.78 Å². The quantitative estimate of drug-likeness (QED) is 0.919. The van der Waals surface area contributed by atoms with Crippen LogP contribution in [0, 0.1) is 18.6 Å². The molecular weight excluding hydrogens is 262 g/mol. The van der Waals surface area contributed by atoms with Gasteiger partial charge in [-0.1, -0.05) is 18.2 Å². The van der Waals surface area contributed by atoms with Crippen LogP contribution < -0.4 is 4.74 Å². The summed E-state index contributed by atoms with van der Waals surface area (Å²) in [4.78, 5) is 0. The van der Waals surface area contributed by atoms with Gasteiger partial charge in [0, 0.05) is 5.56 Å². The number of aryl methyl sites for hydroxylation is 1. The van der Waals surface area contributed by atoms with Gasteiger partial charge in [-0.25, -0.2) is 8.78 Å². The van der Waals surface area contributed by atoms with Crippen molar-refractivity contribution in [3.05, 3.63) is 64.7 Å². The van der Waals surface area contributed by atoms with E-state index in [0.29, 0.717) is 16.9 Å². The van der Waals surface area contributed by atoms with Gasteiger partial charge in [0.1, 0.15) is 12.4 Å². The molecule has 0 bridgehead atoms. The van der Waals surface area contributed by atoms with Crippen LogP contribution in [-0.4, -0.2) is 5.11 Å². The monoisotopic (exact) mass is 278 g/mol. The zero-order valence-corrected chi connectivity index (χ0v) is 11.4. The van der Waals surface area contributed by atoms with Crippen molar-refractivity contribution in [2.75, 3.05) is 0 Å². The molecule has 1 N–H and O–H groups in total. The maximum atomic E-state index is 13.1. The van der Waals surface area contributed by atoms with Crippen LogP contribution in [0.5, 0.6) is 5.75 Å². The zero-order valence-electron chi connectivity index (χ0n) is 11.4. The molecule has 2 aromatic rings. The summed E-state index contributed by atoms with van der Waals surface area (Å²) >= 11 is 0. The lowest BCUT2D eigenvalue weighted by Crippen LogP contribution is -2.02. The Morgan fingerprint density at radius 3 is 2.50 bits per heavy atom. The van der Waals surface area contributed by atoms with Crippen molar-refractivity contribution in [2.45, 2.75) is 26.6 Å². The van der Waals surface area contributed by atoms with Crippen LogP contribution in [0.2, 0.25) is 0 Å². The van der Waals surface area contributed by atoms with Gasteiger partial charge in [-0.2, -0.15) is 0 Å². The second kappa shape index (κ2) is 6.01. The summed E-state index contributed by atoms with van der Waals surface area (Å²) in [7, 11) is 0. The van der Waals surface area contributed by atoms with E-state index in [1.54, 1.807) is 13.0 Å². The van der Waals surface area contributed by atoms with Crippen molar-refractivity contribution in [2.24, 2.45) is 0 Å². The van der Waals surface area contributed by atoms with Crippen molar-refractivity contribution in [3.63, 3.8) is 0 Å². The first kappa shape index (κ1) is 14.5. The van der Waals surface area contributed by atoms with E-state index in [1.165, 1.54) is 6.07 Å². The minimum Gasteiger partial charge on any atom is -0.489 e. The highest BCUT2D eigenvalue weighted by molar-refractivity contribution is 5.38. The van der Waals surface area contributed by atoms with E-state index >= 15 is 0 Å². The Balaban J connectivity index is 2.17. The van der Waals surface area contributed by atoms with Gasteiger partial charge in [-0.15, -0.1) is 0 Å². The van der Waals surface area contributed by atoms with Crippen molar-refractivity contribution in [1.82, 2.24) is 0 Å². The van der Waals surface area contributed by atoms with Gasteiger partial charge in [0.25, 0.3) is 0 Å². The van der Waals surface area contributed by atoms with Gasteiger partial charge in [0.2, 0.25) is 0 Å². The first-order valence-electron chi connectivity index (χ1n) is 6.32. The molecule has 20 heavy (non-hydrogen) atoms. The zero-order chi connectivity index (χ0) is 14.7. The molecule has 0 heterocycles. The van der Waals surface area contributed by atoms with Crippen LogP contribution in [-0.2, 0) is 6.61 Å². The van der Waals surface area contributed by atoms with E-state index in [0.717, 1.165) is 17.7 Å².